The lowest BCUT2D eigenvalue weighted by Crippen LogP contribution is -2.50. The Balaban J connectivity index is 0.961. The molecule has 72 heavy (non-hydrogen) atoms. The van der Waals surface area contributed by atoms with Crippen LogP contribution in [0.5, 0.6) is 23.0 Å². The second-order valence-electron chi connectivity index (χ2n) is 19.1. The molecule has 0 radical (unpaired) electrons. The summed E-state index contributed by atoms with van der Waals surface area (Å²) in [6.45, 7) is 11.5. The third-order valence-corrected chi connectivity index (χ3v) is 13.2. The van der Waals surface area contributed by atoms with Crippen LogP contribution in [0.25, 0.3) is 0 Å². The molecule has 4 heterocycles. The normalized spacial score (nSPS) is 18.6. The number of aliphatic hydroxyl groups excluding tert-OH is 1. The molecule has 4 aliphatic rings. The van der Waals surface area contributed by atoms with Gasteiger partial charge in [-0.1, -0.05) is 44.1 Å². The highest BCUT2D eigenvalue weighted by Crippen LogP contribution is 2.43. The first-order chi connectivity index (χ1) is 34.5. The lowest BCUT2D eigenvalue weighted by molar-refractivity contribution is -0.133. The maximum absolute atomic E-state index is 14.1. The van der Waals surface area contributed by atoms with Crippen LogP contribution in [0, 0.1) is 11.8 Å². The average molecular weight is 991 g/mol. The van der Waals surface area contributed by atoms with E-state index in [9.17, 15) is 33.9 Å². The molecule has 0 saturated carbocycles. The minimum absolute atomic E-state index is 0.0124. The second kappa shape index (κ2) is 23.3. The fourth-order valence-corrected chi connectivity index (χ4v) is 9.22. The van der Waals surface area contributed by atoms with Crippen LogP contribution in [-0.2, 0) is 25.7 Å². The number of methoxy groups -OCH3 is 2. The number of aliphatic hydroxyl groups is 1. The smallest absolute Gasteiger partial charge is 0.416 e. The molecule has 5 atom stereocenters. The van der Waals surface area contributed by atoms with Crippen molar-refractivity contribution in [2.24, 2.45) is 16.8 Å². The van der Waals surface area contributed by atoms with E-state index >= 15 is 0 Å². The summed E-state index contributed by atoms with van der Waals surface area (Å²) in [7, 11) is 2.98. The molecule has 3 N–H and O–H groups in total. The maximum Gasteiger partial charge on any atom is 0.416 e. The van der Waals surface area contributed by atoms with Crippen LogP contribution in [0.2, 0.25) is 0 Å². The van der Waals surface area contributed by atoms with Crippen molar-refractivity contribution in [2.45, 2.75) is 124 Å². The number of benzene rings is 3. The Kier molecular flexibility index (Phi) is 17.1. The number of unbranched alkanes of at least 4 members (excludes halogenated alkanes) is 2. The second-order valence-corrected chi connectivity index (χ2v) is 19.1. The maximum atomic E-state index is 14.1. The van der Waals surface area contributed by atoms with E-state index in [0.29, 0.717) is 79.1 Å². The lowest BCUT2D eigenvalue weighted by atomic mass is 9.88. The van der Waals surface area contributed by atoms with Gasteiger partial charge in [-0.2, -0.15) is 0 Å². The number of aliphatic imine (C=N–C) groups is 1. The Morgan fingerprint density at radius 1 is 0.792 bits per heavy atom. The summed E-state index contributed by atoms with van der Waals surface area (Å²) in [6, 6.07) is 11.2. The van der Waals surface area contributed by atoms with Gasteiger partial charge in [0, 0.05) is 55.2 Å². The molecular formula is C54H66N6O12. The molecule has 384 valence electrons. The van der Waals surface area contributed by atoms with Crippen LogP contribution < -0.4 is 34.5 Å². The van der Waals surface area contributed by atoms with Crippen LogP contribution >= 0.6 is 0 Å². The molecule has 0 spiro atoms. The van der Waals surface area contributed by atoms with E-state index < -0.39 is 42.1 Å². The number of carbonyl (C=O) groups excluding carboxylic acids is 6. The molecule has 3 aromatic rings. The van der Waals surface area contributed by atoms with E-state index in [2.05, 4.69) is 15.6 Å². The molecule has 3 aromatic carbocycles. The first-order valence-electron chi connectivity index (χ1n) is 24.6. The molecule has 0 bridgehead atoms. The van der Waals surface area contributed by atoms with Crippen LogP contribution in [0.4, 0.5) is 21.9 Å². The Morgan fingerprint density at radius 3 is 2.07 bits per heavy atom. The van der Waals surface area contributed by atoms with Gasteiger partial charge in [0.15, 0.2) is 29.2 Å². The lowest BCUT2D eigenvalue weighted by Gasteiger charge is -2.31. The number of rotatable bonds is 21. The molecule has 0 fully saturated rings. The van der Waals surface area contributed by atoms with Crippen molar-refractivity contribution in [2.75, 3.05) is 37.7 Å². The summed E-state index contributed by atoms with van der Waals surface area (Å²) in [4.78, 5) is 88.8. The number of fused-ring (bicyclic) bond motifs is 4. The standard InChI is InChI=1S/C54H66N6O12/c1-9-13-38(61)22-39(31(2)3)50(63)56-34(6)49(62)57-36-16-14-35(15-17-36)30-72-54(67)60-43-26-48(46(69-8)24-41(43)52(65)59-29-33(5)21-44(59)53(60)66)71-19-12-10-11-18-70-47-25-42-40(23-45(47)68-7)51(64)58-28-32(4)20-37(58)27-55-42/h14-17,23-29,31,34,37,39,44,53,66H,9-13,18-22,30H2,1-8H3,(H,56,63)(H,57,62)/t34-,37-,39-,44-,53-/m0/s1. The fourth-order valence-electron chi connectivity index (χ4n) is 9.22. The molecule has 5 amide bonds. The number of hydrogen-bond acceptors (Lipinski definition) is 13. The largest absolute Gasteiger partial charge is 0.493 e. The number of nitrogens with one attached hydrogen (secondary N) is 2. The number of anilines is 2. The molecular weight excluding hydrogens is 925 g/mol. The van der Waals surface area contributed by atoms with Gasteiger partial charge in [0.05, 0.1) is 62.0 Å². The number of amides is 5. The topological polar surface area (TPSA) is 215 Å². The first kappa shape index (κ1) is 52.6. The van der Waals surface area contributed by atoms with E-state index in [1.54, 1.807) is 60.6 Å². The molecule has 0 saturated heterocycles. The number of Topliss-reactive ketones (excluding diaryl/α,β-unsaturated/α-hetero) is 1. The minimum Gasteiger partial charge on any atom is -0.493 e. The van der Waals surface area contributed by atoms with Crippen LogP contribution in [-0.4, -0.2) is 108 Å². The number of carbonyl (C=O) groups is 6. The predicted molar refractivity (Wildman–Crippen MR) is 270 cm³/mol. The quantitative estimate of drug-likeness (QED) is 0.0861. The van der Waals surface area contributed by atoms with Crippen molar-refractivity contribution in [3.63, 3.8) is 0 Å². The summed E-state index contributed by atoms with van der Waals surface area (Å²) in [5.74, 6) is -0.576. The van der Waals surface area contributed by atoms with Crippen LogP contribution in [0.15, 0.2) is 77.1 Å². The van der Waals surface area contributed by atoms with Crippen molar-refractivity contribution in [3.05, 3.63) is 88.8 Å². The van der Waals surface area contributed by atoms with Gasteiger partial charge in [0.1, 0.15) is 18.4 Å². The molecule has 0 aliphatic carbocycles. The van der Waals surface area contributed by atoms with E-state index in [1.807, 2.05) is 40.8 Å². The first-order valence-corrected chi connectivity index (χ1v) is 24.6. The Morgan fingerprint density at radius 2 is 1.42 bits per heavy atom. The highest BCUT2D eigenvalue weighted by molar-refractivity contribution is 6.07. The number of nitrogens with zero attached hydrogens (tertiary/aromatic N) is 4. The molecule has 18 nitrogen and oxygen atoms in total. The van der Waals surface area contributed by atoms with E-state index in [4.69, 9.17) is 23.7 Å². The molecule has 18 heteroatoms. The summed E-state index contributed by atoms with van der Waals surface area (Å²) < 4.78 is 29.4. The van der Waals surface area contributed by atoms with Gasteiger partial charge >= 0.3 is 6.09 Å². The van der Waals surface area contributed by atoms with Crippen molar-refractivity contribution < 1.29 is 57.6 Å². The SMILES string of the molecule is CCCC(=O)C[C@H](C(=O)N[C@@H](C)C(=O)Nc1ccc(COC(=O)N2c3cc(OCCCCCOc4cc5c(cc4OC)C(=O)N4C=C(C)C[C@H]4C=N5)c(OC)cc3C(=O)N3C=C(C)C[C@H]3[C@@H]2O)cc1)C(C)C. The monoisotopic (exact) mass is 990 g/mol. The zero-order chi connectivity index (χ0) is 51.8. The Hall–Kier alpha value is -7.21. The van der Waals surface area contributed by atoms with Gasteiger partial charge in [-0.3, -0.25) is 29.0 Å². The van der Waals surface area contributed by atoms with E-state index in [-0.39, 0.29) is 71.9 Å². The number of ketones is 1. The number of hydrogen-bond donors (Lipinski definition) is 3. The summed E-state index contributed by atoms with van der Waals surface area (Å²) in [5, 5.41) is 17.4. The highest BCUT2D eigenvalue weighted by Gasteiger charge is 2.45. The fraction of sp³-hybridized carbons (Fsp3) is 0.463. The minimum atomic E-state index is -1.49. The molecule has 7 rings (SSSR count). The summed E-state index contributed by atoms with van der Waals surface area (Å²) in [6.07, 6.45) is 7.20. The zero-order valence-electron chi connectivity index (χ0n) is 42.3. The zero-order valence-corrected chi connectivity index (χ0v) is 42.3. The van der Waals surface area contributed by atoms with Gasteiger partial charge in [-0.15, -0.1) is 0 Å². The van der Waals surface area contributed by atoms with Crippen LogP contribution in [0.3, 0.4) is 0 Å². The molecule has 0 unspecified atom stereocenters. The predicted octanol–water partition coefficient (Wildman–Crippen LogP) is 8.23. The summed E-state index contributed by atoms with van der Waals surface area (Å²) in [5.41, 5.74) is 4.12. The van der Waals surface area contributed by atoms with Gasteiger partial charge in [-0.05, 0) is 95.0 Å². The average Bonchev–Trinajstić information content (AvgIpc) is 3.90. The van der Waals surface area contributed by atoms with Crippen molar-refractivity contribution in [1.29, 1.82) is 0 Å². The van der Waals surface area contributed by atoms with Gasteiger partial charge in [0.25, 0.3) is 11.8 Å². The highest BCUT2D eigenvalue weighted by atomic mass is 16.6. The molecule has 4 aliphatic heterocycles. The van der Waals surface area contributed by atoms with Gasteiger partial charge in [-0.25, -0.2) is 9.69 Å². The van der Waals surface area contributed by atoms with Crippen LogP contribution in [0.1, 0.15) is 119 Å². The van der Waals surface area contributed by atoms with Gasteiger partial charge < -0.3 is 49.2 Å². The van der Waals surface area contributed by atoms with E-state index in [0.717, 1.165) is 22.5 Å². The Bertz CT molecular complexity index is 2640. The third-order valence-electron chi connectivity index (χ3n) is 13.2. The van der Waals surface area contributed by atoms with Crippen molar-refractivity contribution >= 4 is 58.8 Å². The number of ether oxygens (including phenoxy) is 5. The van der Waals surface area contributed by atoms with E-state index in [1.165, 1.54) is 31.3 Å². The molecule has 0 aromatic heterocycles. The summed E-state index contributed by atoms with van der Waals surface area (Å²) >= 11 is 0. The third kappa shape index (κ3) is 11.9. The van der Waals surface area contributed by atoms with Crippen molar-refractivity contribution in [3.8, 4) is 23.0 Å². The van der Waals surface area contributed by atoms with Gasteiger partial charge in [0.2, 0.25) is 11.8 Å². The van der Waals surface area contributed by atoms with Crippen molar-refractivity contribution in [1.82, 2.24) is 15.1 Å². The Labute approximate surface area is 420 Å².